The third-order valence-corrected chi connectivity index (χ3v) is 4.82. The molecule has 0 unspecified atom stereocenters. The summed E-state index contributed by atoms with van der Waals surface area (Å²) < 4.78 is 4.88. The van der Waals surface area contributed by atoms with Gasteiger partial charge in [-0.3, -0.25) is 0 Å². The van der Waals surface area contributed by atoms with Gasteiger partial charge in [0.15, 0.2) is 5.11 Å². The molecule has 0 atom stereocenters. The Morgan fingerprint density at radius 1 is 1.35 bits per heavy atom. The molecule has 1 aliphatic rings. The second-order valence-corrected chi connectivity index (χ2v) is 7.03. The molecule has 0 amide bonds. The molecule has 2 aromatic rings. The average Bonchev–Trinajstić information content (AvgIpc) is 3.27. The van der Waals surface area contributed by atoms with Crippen LogP contribution in [0.3, 0.4) is 0 Å². The van der Waals surface area contributed by atoms with Crippen molar-refractivity contribution in [3.05, 3.63) is 52.4 Å². The molecule has 1 fully saturated rings. The van der Waals surface area contributed by atoms with Gasteiger partial charge in [0.05, 0.1) is 12.7 Å². The van der Waals surface area contributed by atoms with Crippen molar-refractivity contribution in [2.24, 2.45) is 0 Å². The number of thiocarbonyl (C=S) groups is 1. The smallest absolute Gasteiger partial charge is 0.340 e. The van der Waals surface area contributed by atoms with Crippen molar-refractivity contribution in [3.63, 3.8) is 0 Å². The fraction of sp³-hybridized carbons (Fsp3) is 0.294. The number of rotatable bonds is 5. The van der Waals surface area contributed by atoms with Crippen LogP contribution in [-0.4, -0.2) is 24.2 Å². The molecule has 0 spiro atoms. The number of esters is 1. The van der Waals surface area contributed by atoms with E-state index < -0.39 is 0 Å². The van der Waals surface area contributed by atoms with E-state index in [9.17, 15) is 4.79 Å². The zero-order chi connectivity index (χ0) is 16.2. The van der Waals surface area contributed by atoms with E-state index in [1.807, 2.05) is 24.3 Å². The highest BCUT2D eigenvalue weighted by Crippen LogP contribution is 2.31. The molecule has 1 aromatic heterocycles. The number of anilines is 1. The standard InChI is InChI=1S/C17H18N2O2S2/c1-21-16(20)14-10-13(9-11-5-3-2-4-6-11)23-15(14)19-17(22)18-12-7-8-12/h2-6,10,12H,7-9H2,1H3,(H2,18,19,22). The summed E-state index contributed by atoms with van der Waals surface area (Å²) in [5.74, 6) is -0.350. The van der Waals surface area contributed by atoms with Crippen molar-refractivity contribution < 1.29 is 9.53 Å². The molecule has 1 saturated carbocycles. The number of hydrogen-bond donors (Lipinski definition) is 2. The third-order valence-electron chi connectivity index (χ3n) is 3.55. The largest absolute Gasteiger partial charge is 0.465 e. The normalized spacial score (nSPS) is 13.4. The number of benzene rings is 1. The van der Waals surface area contributed by atoms with Gasteiger partial charge < -0.3 is 15.4 Å². The molecule has 0 saturated heterocycles. The molecule has 0 aliphatic heterocycles. The van der Waals surface area contributed by atoms with Crippen molar-refractivity contribution in [1.29, 1.82) is 0 Å². The zero-order valence-corrected chi connectivity index (χ0v) is 14.4. The first-order valence-corrected chi connectivity index (χ1v) is 8.70. The van der Waals surface area contributed by atoms with Gasteiger partial charge in [-0.1, -0.05) is 30.3 Å². The van der Waals surface area contributed by atoms with E-state index in [0.29, 0.717) is 16.7 Å². The minimum absolute atomic E-state index is 0.350. The van der Waals surface area contributed by atoms with Gasteiger partial charge in [0.2, 0.25) is 0 Å². The van der Waals surface area contributed by atoms with Crippen LogP contribution in [-0.2, 0) is 11.2 Å². The molecule has 0 bridgehead atoms. The van der Waals surface area contributed by atoms with E-state index in [1.165, 1.54) is 24.0 Å². The lowest BCUT2D eigenvalue weighted by Gasteiger charge is -2.09. The molecule has 1 aromatic carbocycles. The minimum atomic E-state index is -0.350. The van der Waals surface area contributed by atoms with Crippen LogP contribution in [0.25, 0.3) is 0 Å². The molecule has 1 heterocycles. The van der Waals surface area contributed by atoms with Crippen LogP contribution < -0.4 is 10.6 Å². The second kappa shape index (κ2) is 7.10. The van der Waals surface area contributed by atoms with E-state index in [0.717, 1.165) is 29.1 Å². The van der Waals surface area contributed by atoms with Gasteiger partial charge in [-0.15, -0.1) is 11.3 Å². The van der Waals surface area contributed by atoms with E-state index in [1.54, 1.807) is 0 Å². The van der Waals surface area contributed by atoms with Gasteiger partial charge in [0, 0.05) is 17.3 Å². The highest BCUT2D eigenvalue weighted by molar-refractivity contribution is 7.80. The first-order chi connectivity index (χ1) is 11.2. The summed E-state index contributed by atoms with van der Waals surface area (Å²) in [4.78, 5) is 13.1. The third kappa shape index (κ3) is 4.30. The Morgan fingerprint density at radius 3 is 2.74 bits per heavy atom. The number of thiophene rings is 1. The Labute approximate surface area is 144 Å². The lowest BCUT2D eigenvalue weighted by atomic mass is 10.1. The van der Waals surface area contributed by atoms with Crippen LogP contribution >= 0.6 is 23.6 Å². The maximum Gasteiger partial charge on any atom is 0.340 e. The monoisotopic (exact) mass is 346 g/mol. The Bertz CT molecular complexity index is 709. The molecular formula is C17H18N2O2S2. The average molecular weight is 346 g/mol. The van der Waals surface area contributed by atoms with Crippen LogP contribution in [0.4, 0.5) is 5.00 Å². The number of ether oxygens (including phenoxy) is 1. The van der Waals surface area contributed by atoms with Gasteiger partial charge in [-0.2, -0.15) is 0 Å². The molecular weight excluding hydrogens is 328 g/mol. The molecule has 23 heavy (non-hydrogen) atoms. The quantitative estimate of drug-likeness (QED) is 0.640. The number of carbonyl (C=O) groups is 1. The van der Waals surface area contributed by atoms with Crippen LogP contribution in [0.15, 0.2) is 36.4 Å². The zero-order valence-electron chi connectivity index (χ0n) is 12.8. The van der Waals surface area contributed by atoms with Gasteiger partial charge in [0.25, 0.3) is 0 Å². The molecule has 120 valence electrons. The van der Waals surface area contributed by atoms with Crippen LogP contribution in [0, 0.1) is 0 Å². The molecule has 6 heteroatoms. The van der Waals surface area contributed by atoms with Crippen LogP contribution in [0.2, 0.25) is 0 Å². The Kier molecular flexibility index (Phi) is 4.93. The molecule has 3 rings (SSSR count). The maximum absolute atomic E-state index is 12.0. The van der Waals surface area contributed by atoms with E-state index in [4.69, 9.17) is 17.0 Å². The first kappa shape index (κ1) is 16.0. The summed E-state index contributed by atoms with van der Waals surface area (Å²) in [6.07, 6.45) is 3.07. The van der Waals surface area contributed by atoms with Crippen LogP contribution in [0.5, 0.6) is 0 Å². The Balaban J connectivity index is 1.78. The number of methoxy groups -OCH3 is 1. The van der Waals surface area contributed by atoms with Gasteiger partial charge >= 0.3 is 5.97 Å². The van der Waals surface area contributed by atoms with Crippen molar-refractivity contribution in [3.8, 4) is 0 Å². The van der Waals surface area contributed by atoms with E-state index in [2.05, 4.69) is 22.8 Å². The summed E-state index contributed by atoms with van der Waals surface area (Å²) in [5, 5.41) is 7.66. The van der Waals surface area contributed by atoms with Gasteiger partial charge in [-0.25, -0.2) is 4.79 Å². The summed E-state index contributed by atoms with van der Waals surface area (Å²) in [6, 6.07) is 12.5. The fourth-order valence-corrected chi connectivity index (χ4v) is 3.65. The lowest BCUT2D eigenvalue weighted by molar-refractivity contribution is 0.0602. The predicted molar refractivity (Wildman–Crippen MR) is 97.3 cm³/mol. The summed E-state index contributed by atoms with van der Waals surface area (Å²) >= 11 is 6.84. The topological polar surface area (TPSA) is 50.4 Å². The SMILES string of the molecule is COC(=O)c1cc(Cc2ccccc2)sc1NC(=S)NC1CC1. The van der Waals surface area contributed by atoms with Gasteiger partial charge in [-0.05, 0) is 36.7 Å². The predicted octanol–water partition coefficient (Wildman–Crippen LogP) is 3.57. The Hall–Kier alpha value is -1.92. The lowest BCUT2D eigenvalue weighted by Crippen LogP contribution is -2.30. The van der Waals surface area contributed by atoms with E-state index >= 15 is 0 Å². The highest BCUT2D eigenvalue weighted by atomic mass is 32.1. The van der Waals surface area contributed by atoms with Crippen molar-refractivity contribution >= 4 is 39.6 Å². The second-order valence-electron chi connectivity index (χ2n) is 5.48. The molecule has 1 aliphatic carbocycles. The molecule has 2 N–H and O–H groups in total. The van der Waals surface area contributed by atoms with Crippen LogP contribution in [0.1, 0.15) is 33.6 Å². The number of hydrogen-bond acceptors (Lipinski definition) is 4. The van der Waals surface area contributed by atoms with Crippen molar-refractivity contribution in [2.75, 3.05) is 12.4 Å². The Morgan fingerprint density at radius 2 is 2.09 bits per heavy atom. The van der Waals surface area contributed by atoms with E-state index in [-0.39, 0.29) is 5.97 Å². The molecule has 0 radical (unpaired) electrons. The maximum atomic E-state index is 12.0. The minimum Gasteiger partial charge on any atom is -0.465 e. The first-order valence-electron chi connectivity index (χ1n) is 7.48. The van der Waals surface area contributed by atoms with Gasteiger partial charge in [0.1, 0.15) is 5.00 Å². The highest BCUT2D eigenvalue weighted by Gasteiger charge is 2.23. The fourth-order valence-electron chi connectivity index (χ4n) is 2.23. The number of carbonyl (C=O) groups excluding carboxylic acids is 1. The summed E-state index contributed by atoms with van der Waals surface area (Å²) in [6.45, 7) is 0. The van der Waals surface area contributed by atoms with Crippen molar-refractivity contribution in [2.45, 2.75) is 25.3 Å². The molecule has 4 nitrogen and oxygen atoms in total. The summed E-state index contributed by atoms with van der Waals surface area (Å²) in [5.41, 5.74) is 1.73. The summed E-state index contributed by atoms with van der Waals surface area (Å²) in [7, 11) is 1.39. The number of nitrogens with one attached hydrogen (secondary N) is 2. The van der Waals surface area contributed by atoms with Crippen molar-refractivity contribution in [1.82, 2.24) is 5.32 Å².